The summed E-state index contributed by atoms with van der Waals surface area (Å²) in [6.45, 7) is 0.366. The Hall–Kier alpha value is -2.32. The van der Waals surface area contributed by atoms with Crippen LogP contribution in [-0.4, -0.2) is 43.1 Å². The zero-order valence-corrected chi connectivity index (χ0v) is 16.0. The first-order chi connectivity index (χ1) is 13.0. The average Bonchev–Trinajstić information content (AvgIpc) is 3.06. The molecule has 5 nitrogen and oxygen atoms in total. The van der Waals surface area contributed by atoms with Crippen molar-refractivity contribution in [3.8, 4) is 0 Å². The van der Waals surface area contributed by atoms with Crippen molar-refractivity contribution in [2.75, 3.05) is 18.8 Å². The lowest BCUT2D eigenvalue weighted by molar-refractivity contribution is 0.0766. The third-order valence-electron chi connectivity index (χ3n) is 4.86. The van der Waals surface area contributed by atoms with Gasteiger partial charge in [-0.3, -0.25) is 4.79 Å². The third kappa shape index (κ3) is 3.46. The number of hydrogen-bond donors (Lipinski definition) is 0. The molecule has 4 rings (SSSR count). The van der Waals surface area contributed by atoms with Crippen molar-refractivity contribution in [3.63, 3.8) is 0 Å². The number of rotatable bonds is 2. The number of fused-ring (bicyclic) bond motifs is 1. The van der Waals surface area contributed by atoms with E-state index in [0.29, 0.717) is 5.56 Å². The molecule has 0 radical (unpaired) electrons. The van der Waals surface area contributed by atoms with Crippen LogP contribution in [0.1, 0.15) is 27.6 Å². The summed E-state index contributed by atoms with van der Waals surface area (Å²) in [7, 11) is -3.55. The fourth-order valence-corrected chi connectivity index (χ4v) is 5.92. The van der Waals surface area contributed by atoms with Crippen LogP contribution in [0.15, 0.2) is 48.0 Å². The summed E-state index contributed by atoms with van der Waals surface area (Å²) in [6.07, 6.45) is 0.178. The van der Waals surface area contributed by atoms with Crippen LogP contribution >= 0.6 is 11.3 Å². The second kappa shape index (κ2) is 7.01. The van der Waals surface area contributed by atoms with E-state index >= 15 is 0 Å². The number of nitrogens with zero attached hydrogens (tertiary/aromatic N) is 2. The van der Waals surface area contributed by atoms with Gasteiger partial charge in [0.05, 0.1) is 26.7 Å². The van der Waals surface area contributed by atoms with Crippen LogP contribution in [0.4, 0.5) is 4.39 Å². The Labute approximate surface area is 160 Å². The summed E-state index contributed by atoms with van der Waals surface area (Å²) >= 11 is 1.45. The first kappa shape index (κ1) is 18.1. The van der Waals surface area contributed by atoms with Crippen LogP contribution in [0, 0.1) is 5.82 Å². The largest absolute Gasteiger partial charge is 0.338 e. The summed E-state index contributed by atoms with van der Waals surface area (Å²) in [5.74, 6) is -0.920. The minimum absolute atomic E-state index is 0.104. The van der Waals surface area contributed by atoms with E-state index in [1.807, 2.05) is 0 Å². The van der Waals surface area contributed by atoms with Crippen LogP contribution in [0.2, 0.25) is 0 Å². The first-order valence-electron chi connectivity index (χ1n) is 8.54. The molecule has 27 heavy (non-hydrogen) atoms. The molecule has 1 unspecified atom stereocenters. The molecule has 8 heteroatoms. The van der Waals surface area contributed by atoms with Crippen molar-refractivity contribution in [1.82, 2.24) is 9.88 Å². The molecule has 140 valence electrons. The highest BCUT2D eigenvalue weighted by atomic mass is 32.2. The fourth-order valence-electron chi connectivity index (χ4n) is 3.40. The van der Waals surface area contributed by atoms with E-state index in [-0.39, 0.29) is 36.7 Å². The summed E-state index contributed by atoms with van der Waals surface area (Å²) in [6, 6.07) is 11.2. The SMILES string of the molecule is O=C(c1ccc2ncsc2c1)N1CCC(c2ccccc2F)S(=O)(=O)CC1. The van der Waals surface area contributed by atoms with E-state index in [1.54, 1.807) is 34.7 Å². The van der Waals surface area contributed by atoms with E-state index in [4.69, 9.17) is 0 Å². The highest BCUT2D eigenvalue weighted by molar-refractivity contribution is 7.91. The summed E-state index contributed by atoms with van der Waals surface area (Å²) in [5.41, 5.74) is 3.23. The summed E-state index contributed by atoms with van der Waals surface area (Å²) in [5, 5.41) is -0.930. The average molecular weight is 404 g/mol. The lowest BCUT2D eigenvalue weighted by Crippen LogP contribution is -2.33. The van der Waals surface area contributed by atoms with Gasteiger partial charge < -0.3 is 4.90 Å². The normalized spacial score (nSPS) is 19.7. The van der Waals surface area contributed by atoms with Crippen molar-refractivity contribution < 1.29 is 17.6 Å². The Kier molecular flexibility index (Phi) is 4.69. The number of aromatic nitrogens is 1. The zero-order valence-electron chi connectivity index (χ0n) is 14.3. The number of sulfone groups is 1. The Morgan fingerprint density at radius 2 is 2.00 bits per heavy atom. The standard InChI is InChI=1S/C19H17FN2O3S2/c20-15-4-2-1-3-14(15)18-7-8-22(9-10-27(18,24)25)19(23)13-5-6-16-17(11-13)26-12-21-16/h1-6,11-12,18H,7-10H2. The molecule has 1 amide bonds. The molecule has 1 atom stereocenters. The lowest BCUT2D eigenvalue weighted by atomic mass is 10.1. The molecule has 0 spiro atoms. The van der Waals surface area contributed by atoms with E-state index < -0.39 is 20.9 Å². The van der Waals surface area contributed by atoms with Crippen molar-refractivity contribution in [1.29, 1.82) is 0 Å². The topological polar surface area (TPSA) is 67.3 Å². The van der Waals surface area contributed by atoms with Crippen LogP contribution in [0.5, 0.6) is 0 Å². The third-order valence-corrected chi connectivity index (χ3v) is 7.76. The number of carbonyl (C=O) groups is 1. The van der Waals surface area contributed by atoms with Crippen molar-refractivity contribution in [2.45, 2.75) is 11.7 Å². The van der Waals surface area contributed by atoms with Gasteiger partial charge in [-0.15, -0.1) is 11.3 Å². The molecule has 0 N–H and O–H groups in total. The molecule has 1 aliphatic heterocycles. The molecule has 0 bridgehead atoms. The first-order valence-corrected chi connectivity index (χ1v) is 11.1. The van der Waals surface area contributed by atoms with E-state index in [1.165, 1.54) is 29.5 Å². The Bertz CT molecular complexity index is 1110. The molecule has 1 aliphatic rings. The molecule has 2 heterocycles. The monoisotopic (exact) mass is 404 g/mol. The van der Waals surface area contributed by atoms with Crippen LogP contribution < -0.4 is 0 Å². The van der Waals surface area contributed by atoms with Gasteiger partial charge in [0.15, 0.2) is 9.84 Å². The molecule has 0 aliphatic carbocycles. The second-order valence-electron chi connectivity index (χ2n) is 6.49. The van der Waals surface area contributed by atoms with Crippen LogP contribution in [-0.2, 0) is 9.84 Å². The number of amides is 1. The number of carbonyl (C=O) groups excluding carboxylic acids is 1. The van der Waals surface area contributed by atoms with Crippen molar-refractivity contribution in [3.05, 3.63) is 64.9 Å². The van der Waals surface area contributed by atoms with Gasteiger partial charge in [-0.25, -0.2) is 17.8 Å². The maximum atomic E-state index is 14.1. The van der Waals surface area contributed by atoms with E-state index in [2.05, 4.69) is 4.98 Å². The Morgan fingerprint density at radius 3 is 2.81 bits per heavy atom. The molecule has 1 saturated heterocycles. The van der Waals surface area contributed by atoms with Crippen molar-refractivity contribution in [2.24, 2.45) is 0 Å². The molecule has 2 aromatic carbocycles. The summed E-state index contributed by atoms with van der Waals surface area (Å²) in [4.78, 5) is 18.6. The lowest BCUT2D eigenvalue weighted by Gasteiger charge is -2.20. The number of halogens is 1. The highest BCUT2D eigenvalue weighted by Gasteiger charge is 2.34. The smallest absolute Gasteiger partial charge is 0.253 e. The van der Waals surface area contributed by atoms with E-state index in [9.17, 15) is 17.6 Å². The van der Waals surface area contributed by atoms with E-state index in [0.717, 1.165) is 10.2 Å². The number of hydrogen-bond acceptors (Lipinski definition) is 5. The van der Waals surface area contributed by atoms with Crippen LogP contribution in [0.25, 0.3) is 10.2 Å². The predicted octanol–water partition coefficient (Wildman–Crippen LogP) is 3.44. The fraction of sp³-hybridized carbons (Fsp3) is 0.263. The predicted molar refractivity (Wildman–Crippen MR) is 103 cm³/mol. The molecular formula is C19H17FN2O3S2. The Morgan fingerprint density at radius 1 is 1.19 bits per heavy atom. The molecular weight excluding hydrogens is 387 g/mol. The second-order valence-corrected chi connectivity index (χ2v) is 9.68. The minimum atomic E-state index is -3.55. The van der Waals surface area contributed by atoms with Gasteiger partial charge in [-0.1, -0.05) is 18.2 Å². The molecule has 0 saturated carbocycles. The van der Waals surface area contributed by atoms with Gasteiger partial charge in [0.25, 0.3) is 5.91 Å². The Balaban J connectivity index is 1.60. The van der Waals surface area contributed by atoms with Crippen molar-refractivity contribution >= 4 is 37.3 Å². The van der Waals surface area contributed by atoms with Gasteiger partial charge in [0.1, 0.15) is 5.82 Å². The minimum Gasteiger partial charge on any atom is -0.338 e. The molecule has 1 aromatic heterocycles. The maximum Gasteiger partial charge on any atom is 0.253 e. The number of thiazole rings is 1. The van der Waals surface area contributed by atoms with Gasteiger partial charge in [0, 0.05) is 24.2 Å². The zero-order chi connectivity index (χ0) is 19.0. The maximum absolute atomic E-state index is 14.1. The summed E-state index contributed by atoms with van der Waals surface area (Å²) < 4.78 is 40.4. The molecule has 3 aromatic rings. The van der Waals surface area contributed by atoms with Gasteiger partial charge in [-0.2, -0.15) is 0 Å². The van der Waals surface area contributed by atoms with Gasteiger partial charge >= 0.3 is 0 Å². The van der Waals surface area contributed by atoms with Crippen LogP contribution in [0.3, 0.4) is 0 Å². The van der Waals surface area contributed by atoms with Gasteiger partial charge in [0.2, 0.25) is 0 Å². The quantitative estimate of drug-likeness (QED) is 0.656. The highest BCUT2D eigenvalue weighted by Crippen LogP contribution is 2.31. The number of benzene rings is 2. The van der Waals surface area contributed by atoms with Gasteiger partial charge in [-0.05, 0) is 30.7 Å². The molecule has 1 fully saturated rings.